The van der Waals surface area contributed by atoms with Crippen molar-refractivity contribution in [3.8, 4) is 0 Å². The quantitative estimate of drug-likeness (QED) is 0.602. The summed E-state index contributed by atoms with van der Waals surface area (Å²) in [6, 6.07) is 8.93. The Hall–Kier alpha value is -2.47. The van der Waals surface area contributed by atoms with Gasteiger partial charge >= 0.3 is 6.03 Å². The van der Waals surface area contributed by atoms with Crippen molar-refractivity contribution in [2.75, 3.05) is 18.4 Å². The monoisotopic (exact) mass is 432 g/mol. The summed E-state index contributed by atoms with van der Waals surface area (Å²) in [5.41, 5.74) is 2.62. The number of aryl methyl sites for hydroxylation is 2. The number of carbonyl (C=O) groups excluding carboxylic acids is 2. The van der Waals surface area contributed by atoms with E-state index in [1.54, 1.807) is 11.0 Å². The molecule has 1 aromatic carbocycles. The molecule has 164 valence electrons. The van der Waals surface area contributed by atoms with Gasteiger partial charge in [-0.1, -0.05) is 31.0 Å². The lowest BCUT2D eigenvalue weighted by atomic mass is 10.2. The summed E-state index contributed by atoms with van der Waals surface area (Å²) in [5, 5.41) is 3.45. The lowest BCUT2D eigenvalue weighted by Crippen LogP contribution is -2.47. The summed E-state index contributed by atoms with van der Waals surface area (Å²) >= 11 is 6.17. The SMILES string of the molecule is CCCCN(Cc1cccn1C)C(=O)CN(C(=O)Nc1ccc(C)c(Cl)c1)C(C)C. The van der Waals surface area contributed by atoms with Gasteiger partial charge in [0.1, 0.15) is 6.54 Å². The summed E-state index contributed by atoms with van der Waals surface area (Å²) in [7, 11) is 1.97. The number of unbranched alkanes of at least 4 members (excludes halogenated alkanes) is 1. The van der Waals surface area contributed by atoms with Gasteiger partial charge in [-0.2, -0.15) is 0 Å². The van der Waals surface area contributed by atoms with E-state index in [1.807, 2.05) is 67.7 Å². The van der Waals surface area contributed by atoms with Crippen molar-refractivity contribution in [1.29, 1.82) is 0 Å². The first-order valence-electron chi connectivity index (χ1n) is 10.4. The third-order valence-corrected chi connectivity index (χ3v) is 5.56. The molecule has 3 amide bonds. The van der Waals surface area contributed by atoms with Gasteiger partial charge in [-0.25, -0.2) is 4.79 Å². The second kappa shape index (κ2) is 11.1. The number of anilines is 1. The molecule has 0 saturated heterocycles. The van der Waals surface area contributed by atoms with Gasteiger partial charge in [-0.05, 0) is 57.0 Å². The van der Waals surface area contributed by atoms with Crippen molar-refractivity contribution in [3.05, 3.63) is 52.8 Å². The largest absolute Gasteiger partial charge is 0.353 e. The van der Waals surface area contributed by atoms with Gasteiger partial charge in [0.25, 0.3) is 0 Å². The predicted molar refractivity (Wildman–Crippen MR) is 123 cm³/mol. The van der Waals surface area contributed by atoms with Crippen LogP contribution in [-0.4, -0.2) is 45.4 Å². The molecule has 0 spiro atoms. The average molecular weight is 433 g/mol. The number of amides is 3. The van der Waals surface area contributed by atoms with Crippen molar-refractivity contribution in [2.45, 2.75) is 53.1 Å². The van der Waals surface area contributed by atoms with Crippen LogP contribution in [0.25, 0.3) is 0 Å². The second-order valence-corrected chi connectivity index (χ2v) is 8.30. The number of carbonyl (C=O) groups is 2. The lowest BCUT2D eigenvalue weighted by Gasteiger charge is -2.30. The van der Waals surface area contributed by atoms with Crippen LogP contribution in [0, 0.1) is 6.92 Å². The second-order valence-electron chi connectivity index (χ2n) is 7.90. The maximum atomic E-state index is 13.1. The van der Waals surface area contributed by atoms with Gasteiger partial charge in [0.15, 0.2) is 0 Å². The number of nitrogens with zero attached hydrogens (tertiary/aromatic N) is 3. The van der Waals surface area contributed by atoms with E-state index < -0.39 is 0 Å². The van der Waals surface area contributed by atoms with Gasteiger partial charge in [0, 0.05) is 42.2 Å². The van der Waals surface area contributed by atoms with Crippen LogP contribution in [0.3, 0.4) is 0 Å². The molecule has 7 heteroatoms. The molecule has 1 heterocycles. The number of hydrogen-bond donors (Lipinski definition) is 1. The van der Waals surface area contributed by atoms with Crippen molar-refractivity contribution < 1.29 is 9.59 Å². The fraction of sp³-hybridized carbons (Fsp3) is 0.478. The van der Waals surface area contributed by atoms with Crippen LogP contribution in [0.5, 0.6) is 0 Å². The number of aromatic nitrogens is 1. The number of hydrogen-bond acceptors (Lipinski definition) is 2. The molecule has 0 bridgehead atoms. The molecule has 1 aromatic heterocycles. The minimum atomic E-state index is -0.312. The highest BCUT2D eigenvalue weighted by molar-refractivity contribution is 6.31. The van der Waals surface area contributed by atoms with Crippen LogP contribution < -0.4 is 5.32 Å². The molecular weight excluding hydrogens is 400 g/mol. The number of rotatable bonds is 9. The molecule has 0 aliphatic rings. The fourth-order valence-corrected chi connectivity index (χ4v) is 3.28. The Bertz CT molecular complexity index is 863. The molecule has 6 nitrogen and oxygen atoms in total. The molecule has 0 unspecified atom stereocenters. The van der Waals surface area contributed by atoms with Gasteiger partial charge in [0.05, 0.1) is 6.54 Å². The summed E-state index contributed by atoms with van der Waals surface area (Å²) in [5.74, 6) is -0.0598. The number of urea groups is 1. The first-order chi connectivity index (χ1) is 14.2. The Labute approximate surface area is 184 Å². The van der Waals surface area contributed by atoms with Gasteiger partial charge in [-0.15, -0.1) is 0 Å². The smallest absolute Gasteiger partial charge is 0.322 e. The first kappa shape index (κ1) is 23.8. The van der Waals surface area contributed by atoms with E-state index in [0.29, 0.717) is 23.8 Å². The molecule has 30 heavy (non-hydrogen) atoms. The van der Waals surface area contributed by atoms with Crippen LogP contribution >= 0.6 is 11.6 Å². The first-order valence-corrected chi connectivity index (χ1v) is 10.8. The van der Waals surface area contributed by atoms with E-state index >= 15 is 0 Å². The van der Waals surface area contributed by atoms with E-state index in [9.17, 15) is 9.59 Å². The molecule has 0 saturated carbocycles. The van der Waals surface area contributed by atoms with Gasteiger partial charge < -0.3 is 19.7 Å². The Morgan fingerprint density at radius 2 is 1.97 bits per heavy atom. The number of nitrogens with one attached hydrogen (secondary N) is 1. The van der Waals surface area contributed by atoms with E-state index in [4.69, 9.17) is 11.6 Å². The summed E-state index contributed by atoms with van der Waals surface area (Å²) in [6.07, 6.45) is 3.89. The van der Waals surface area contributed by atoms with Crippen LogP contribution in [0.4, 0.5) is 10.5 Å². The summed E-state index contributed by atoms with van der Waals surface area (Å²) in [6.45, 7) is 9.05. The normalized spacial score (nSPS) is 10.9. The molecule has 0 aliphatic carbocycles. The van der Waals surface area contributed by atoms with Crippen LogP contribution in [0.2, 0.25) is 5.02 Å². The van der Waals surface area contributed by atoms with Crippen LogP contribution in [-0.2, 0) is 18.4 Å². The van der Waals surface area contributed by atoms with E-state index in [1.165, 1.54) is 0 Å². The third kappa shape index (κ3) is 6.52. The zero-order chi connectivity index (χ0) is 22.3. The molecule has 2 aromatic rings. The fourth-order valence-electron chi connectivity index (χ4n) is 3.10. The summed E-state index contributed by atoms with van der Waals surface area (Å²) < 4.78 is 2.01. The molecular formula is C23H33ClN4O2. The van der Waals surface area contributed by atoms with Crippen LogP contribution in [0.15, 0.2) is 36.5 Å². The third-order valence-electron chi connectivity index (χ3n) is 5.15. The minimum absolute atomic E-state index is 0.0250. The highest BCUT2D eigenvalue weighted by Gasteiger charge is 2.24. The molecule has 0 atom stereocenters. The van der Waals surface area contributed by atoms with Crippen molar-refractivity contribution in [2.24, 2.45) is 7.05 Å². The van der Waals surface area contributed by atoms with E-state index in [2.05, 4.69) is 12.2 Å². The number of benzene rings is 1. The number of halogens is 1. The Morgan fingerprint density at radius 1 is 1.23 bits per heavy atom. The summed E-state index contributed by atoms with van der Waals surface area (Å²) in [4.78, 5) is 29.4. The highest BCUT2D eigenvalue weighted by Crippen LogP contribution is 2.20. The predicted octanol–water partition coefficient (Wildman–Crippen LogP) is 5.06. The zero-order valence-electron chi connectivity index (χ0n) is 18.6. The van der Waals surface area contributed by atoms with Gasteiger partial charge in [0.2, 0.25) is 5.91 Å². The molecule has 0 radical (unpaired) electrons. The molecule has 1 N–H and O–H groups in total. The van der Waals surface area contributed by atoms with Gasteiger partial charge in [-0.3, -0.25) is 4.79 Å². The Morgan fingerprint density at radius 3 is 2.53 bits per heavy atom. The van der Waals surface area contributed by atoms with E-state index in [0.717, 1.165) is 24.1 Å². The highest BCUT2D eigenvalue weighted by atomic mass is 35.5. The maximum Gasteiger partial charge on any atom is 0.322 e. The van der Waals surface area contributed by atoms with E-state index in [-0.39, 0.29) is 24.5 Å². The zero-order valence-corrected chi connectivity index (χ0v) is 19.4. The Kier molecular flexibility index (Phi) is 8.78. The average Bonchev–Trinajstić information content (AvgIpc) is 3.10. The molecule has 2 rings (SSSR count). The standard InChI is InChI=1S/C23H33ClN4O2/c1-6-7-13-27(15-20-9-8-12-26(20)5)22(29)16-28(17(2)3)23(30)25-19-11-10-18(4)21(24)14-19/h8-12,14,17H,6-7,13,15-16H2,1-5H3,(H,25,30). The Balaban J connectivity index is 2.11. The topological polar surface area (TPSA) is 57.6 Å². The molecule has 0 aliphatic heterocycles. The van der Waals surface area contributed by atoms with Crippen molar-refractivity contribution >= 4 is 29.2 Å². The van der Waals surface area contributed by atoms with Crippen molar-refractivity contribution in [1.82, 2.24) is 14.4 Å². The molecule has 0 fully saturated rings. The maximum absolute atomic E-state index is 13.1. The minimum Gasteiger partial charge on any atom is -0.353 e. The lowest BCUT2D eigenvalue weighted by molar-refractivity contribution is -0.132. The van der Waals surface area contributed by atoms with Crippen molar-refractivity contribution in [3.63, 3.8) is 0 Å². The van der Waals surface area contributed by atoms with Crippen LogP contribution in [0.1, 0.15) is 44.9 Å².